The molecule has 0 radical (unpaired) electrons. The molecule has 8 nitrogen and oxygen atoms in total. The highest BCUT2D eigenvalue weighted by atomic mass is 16.5. The molecule has 8 heteroatoms. The number of hydrogen-bond donors (Lipinski definition) is 2. The van der Waals surface area contributed by atoms with Crippen molar-refractivity contribution in [1.82, 2.24) is 20.4 Å². The smallest absolute Gasteiger partial charge is 0.259 e. The van der Waals surface area contributed by atoms with E-state index in [9.17, 15) is 9.59 Å². The molecule has 1 aromatic carbocycles. The van der Waals surface area contributed by atoms with Crippen molar-refractivity contribution in [2.75, 3.05) is 5.32 Å². The van der Waals surface area contributed by atoms with Crippen LogP contribution < -0.4 is 10.6 Å². The van der Waals surface area contributed by atoms with E-state index in [1.54, 1.807) is 43.5 Å². The second kappa shape index (κ2) is 8.97. The quantitative estimate of drug-likeness (QED) is 0.475. The van der Waals surface area contributed by atoms with Crippen molar-refractivity contribution in [1.29, 1.82) is 0 Å². The summed E-state index contributed by atoms with van der Waals surface area (Å²) < 4.78 is 5.30. The number of nitrogens with one attached hydrogen (secondary N) is 2. The van der Waals surface area contributed by atoms with Gasteiger partial charge in [0.15, 0.2) is 0 Å². The summed E-state index contributed by atoms with van der Waals surface area (Å²) in [4.78, 5) is 34.3. The van der Waals surface area contributed by atoms with Gasteiger partial charge in [-0.3, -0.25) is 14.6 Å². The van der Waals surface area contributed by atoms with Crippen molar-refractivity contribution >= 4 is 28.6 Å². The summed E-state index contributed by atoms with van der Waals surface area (Å²) in [6.45, 7) is 6.07. The van der Waals surface area contributed by atoms with Crippen LogP contribution in [0.15, 0.2) is 59.3 Å². The lowest BCUT2D eigenvalue weighted by Crippen LogP contribution is -2.23. The predicted molar refractivity (Wildman–Crippen MR) is 120 cm³/mol. The van der Waals surface area contributed by atoms with Crippen LogP contribution in [0.2, 0.25) is 0 Å². The highest BCUT2D eigenvalue weighted by molar-refractivity contribution is 6.12. The number of carbonyl (C=O) groups is 2. The van der Waals surface area contributed by atoms with Gasteiger partial charge >= 0.3 is 0 Å². The fourth-order valence-corrected chi connectivity index (χ4v) is 3.30. The lowest BCUT2D eigenvalue weighted by molar-refractivity contribution is 0.0949. The molecule has 2 amide bonds. The first-order valence-corrected chi connectivity index (χ1v) is 10.3. The van der Waals surface area contributed by atoms with Crippen LogP contribution >= 0.6 is 0 Å². The van der Waals surface area contributed by atoms with Crippen LogP contribution in [0.4, 0.5) is 5.69 Å². The summed E-state index contributed by atoms with van der Waals surface area (Å²) in [5, 5.41) is 10.2. The monoisotopic (exact) mass is 429 g/mol. The molecule has 0 fully saturated rings. The Morgan fingerprint density at radius 2 is 1.91 bits per heavy atom. The minimum absolute atomic E-state index is 0.113. The van der Waals surface area contributed by atoms with Crippen LogP contribution in [0.3, 0.4) is 0 Å². The summed E-state index contributed by atoms with van der Waals surface area (Å²) in [5.74, 6) is -0.464. The first-order valence-electron chi connectivity index (χ1n) is 10.3. The van der Waals surface area contributed by atoms with Crippen molar-refractivity contribution in [3.63, 3.8) is 0 Å². The Kier molecular flexibility index (Phi) is 5.93. The summed E-state index contributed by atoms with van der Waals surface area (Å²) in [6, 6.07) is 14.1. The minimum Gasteiger partial charge on any atom is -0.346 e. The van der Waals surface area contributed by atoms with Crippen LogP contribution in [0, 0.1) is 6.92 Å². The van der Waals surface area contributed by atoms with Crippen LogP contribution in [-0.2, 0) is 6.54 Å². The van der Waals surface area contributed by atoms with Crippen molar-refractivity contribution in [3.05, 3.63) is 82.9 Å². The molecule has 4 aromatic rings. The maximum absolute atomic E-state index is 13.1. The molecule has 162 valence electrons. The van der Waals surface area contributed by atoms with E-state index in [-0.39, 0.29) is 17.7 Å². The fourth-order valence-electron chi connectivity index (χ4n) is 3.30. The van der Waals surface area contributed by atoms with Gasteiger partial charge in [0, 0.05) is 23.1 Å². The van der Waals surface area contributed by atoms with Crippen LogP contribution in [0.5, 0.6) is 0 Å². The number of carbonyl (C=O) groups excluding carboxylic acids is 2. The first kappa shape index (κ1) is 21.2. The van der Waals surface area contributed by atoms with Crippen molar-refractivity contribution in [2.45, 2.75) is 33.2 Å². The molecule has 32 heavy (non-hydrogen) atoms. The number of nitrogens with zero attached hydrogens (tertiary/aromatic N) is 3. The average Bonchev–Trinajstić information content (AvgIpc) is 3.18. The third-order valence-electron chi connectivity index (χ3n) is 5.01. The first-order chi connectivity index (χ1) is 15.4. The maximum atomic E-state index is 13.1. The largest absolute Gasteiger partial charge is 0.346 e. The van der Waals surface area contributed by atoms with Gasteiger partial charge in [0.2, 0.25) is 0 Å². The highest BCUT2D eigenvalue weighted by Gasteiger charge is 2.20. The summed E-state index contributed by atoms with van der Waals surface area (Å²) in [6.07, 6.45) is 1.68. The van der Waals surface area contributed by atoms with Crippen LogP contribution in [-0.4, -0.2) is 26.9 Å². The number of aryl methyl sites for hydroxylation is 1. The van der Waals surface area contributed by atoms with E-state index in [0.717, 1.165) is 11.4 Å². The molecule has 0 aliphatic carbocycles. The van der Waals surface area contributed by atoms with Gasteiger partial charge < -0.3 is 15.2 Å². The molecular formula is C24H23N5O3. The number of anilines is 1. The van der Waals surface area contributed by atoms with Gasteiger partial charge in [-0.25, -0.2) is 4.98 Å². The van der Waals surface area contributed by atoms with Crippen molar-refractivity contribution < 1.29 is 14.1 Å². The maximum Gasteiger partial charge on any atom is 0.259 e. The molecular weight excluding hydrogens is 406 g/mol. The normalized spacial score (nSPS) is 11.0. The van der Waals surface area contributed by atoms with Gasteiger partial charge in [0.05, 0.1) is 28.9 Å². The molecule has 4 rings (SSSR count). The molecule has 3 aromatic heterocycles. The number of amides is 2. The molecule has 0 atom stereocenters. The minimum atomic E-state index is -0.323. The second-order valence-corrected chi connectivity index (χ2v) is 7.74. The molecule has 0 saturated carbocycles. The van der Waals surface area contributed by atoms with Crippen LogP contribution in [0.25, 0.3) is 11.1 Å². The number of rotatable bonds is 6. The molecule has 0 saturated heterocycles. The zero-order valence-electron chi connectivity index (χ0n) is 18.0. The number of aromatic nitrogens is 3. The predicted octanol–water partition coefficient (Wildman–Crippen LogP) is 4.23. The third kappa shape index (κ3) is 4.49. The van der Waals surface area contributed by atoms with Crippen molar-refractivity contribution in [2.24, 2.45) is 0 Å². The Bertz CT molecular complexity index is 1280. The van der Waals surface area contributed by atoms with Gasteiger partial charge in [0.25, 0.3) is 17.5 Å². The average molecular weight is 429 g/mol. The Labute approximate surface area is 185 Å². The van der Waals surface area contributed by atoms with Gasteiger partial charge in [-0.2, -0.15) is 0 Å². The lowest BCUT2D eigenvalue weighted by atomic mass is 10.0. The molecule has 0 unspecified atom stereocenters. The molecule has 0 aliphatic rings. The highest BCUT2D eigenvalue weighted by Crippen LogP contribution is 2.26. The van der Waals surface area contributed by atoms with E-state index in [2.05, 4.69) is 25.8 Å². The van der Waals surface area contributed by atoms with Gasteiger partial charge in [-0.05, 0) is 49.2 Å². The lowest BCUT2D eigenvalue weighted by Gasteiger charge is -2.11. The van der Waals surface area contributed by atoms with E-state index >= 15 is 0 Å². The van der Waals surface area contributed by atoms with Crippen molar-refractivity contribution in [3.8, 4) is 0 Å². The summed E-state index contributed by atoms with van der Waals surface area (Å²) in [5.41, 5.74) is 3.80. The summed E-state index contributed by atoms with van der Waals surface area (Å²) in [7, 11) is 0. The molecule has 3 heterocycles. The van der Waals surface area contributed by atoms with E-state index < -0.39 is 0 Å². The van der Waals surface area contributed by atoms with E-state index in [4.69, 9.17) is 4.52 Å². The zero-order chi connectivity index (χ0) is 22.7. The number of benzene rings is 1. The standard InChI is InChI=1S/C24H23N5O3/c1-14(2)20-12-19(21-15(3)29-32-24(21)28-20)23(31)27-17-9-6-7-16(11-17)22(30)26-13-18-8-4-5-10-25-18/h4-12,14H,13H2,1-3H3,(H,26,30)(H,27,31). The third-order valence-corrected chi connectivity index (χ3v) is 5.01. The van der Waals surface area contributed by atoms with Gasteiger partial charge in [0.1, 0.15) is 0 Å². The number of pyridine rings is 2. The second-order valence-electron chi connectivity index (χ2n) is 7.74. The van der Waals surface area contributed by atoms with Gasteiger partial charge in [-0.1, -0.05) is 31.1 Å². The molecule has 0 bridgehead atoms. The van der Waals surface area contributed by atoms with Crippen LogP contribution in [0.1, 0.15) is 57.6 Å². The SMILES string of the molecule is Cc1noc2nc(C(C)C)cc(C(=O)Nc3cccc(C(=O)NCc4ccccn4)c3)c12. The van der Waals surface area contributed by atoms with E-state index in [0.29, 0.717) is 40.2 Å². The van der Waals surface area contributed by atoms with E-state index in [1.807, 2.05) is 32.0 Å². The topological polar surface area (TPSA) is 110 Å². The molecule has 2 N–H and O–H groups in total. The zero-order valence-corrected chi connectivity index (χ0v) is 18.0. The van der Waals surface area contributed by atoms with E-state index in [1.165, 1.54) is 0 Å². The fraction of sp³-hybridized carbons (Fsp3) is 0.208. The molecule has 0 spiro atoms. The Morgan fingerprint density at radius 3 is 2.66 bits per heavy atom. The Morgan fingerprint density at radius 1 is 1.06 bits per heavy atom. The number of hydrogen-bond acceptors (Lipinski definition) is 6. The number of fused-ring (bicyclic) bond motifs is 1. The van der Waals surface area contributed by atoms with Gasteiger partial charge in [-0.15, -0.1) is 0 Å². The summed E-state index contributed by atoms with van der Waals surface area (Å²) >= 11 is 0. The molecule has 0 aliphatic heterocycles. The Balaban J connectivity index is 1.54. The Hall–Kier alpha value is -4.07.